The average molecular weight is 382 g/mol. The molecule has 8 heteroatoms. The lowest BCUT2D eigenvalue weighted by atomic mass is 10.3. The molecule has 0 radical (unpaired) electrons. The third-order valence-electron chi connectivity index (χ3n) is 4.51. The summed E-state index contributed by atoms with van der Waals surface area (Å²) in [6, 6.07) is 9.11. The number of piperazine rings is 1. The minimum Gasteiger partial charge on any atom is -0.486 e. The molecular formula is C20H19FN4O3. The van der Waals surface area contributed by atoms with Crippen LogP contribution in [0.3, 0.4) is 0 Å². The zero-order chi connectivity index (χ0) is 19.3. The monoisotopic (exact) mass is 382 g/mol. The van der Waals surface area contributed by atoms with Crippen LogP contribution < -0.4 is 9.64 Å². The van der Waals surface area contributed by atoms with Crippen LogP contribution in [0, 0.1) is 5.82 Å². The molecule has 4 rings (SSSR count). The predicted octanol–water partition coefficient (Wildman–Crippen LogP) is 2.75. The van der Waals surface area contributed by atoms with Gasteiger partial charge in [-0.2, -0.15) is 0 Å². The zero-order valence-electron chi connectivity index (χ0n) is 15.1. The van der Waals surface area contributed by atoms with Gasteiger partial charge in [-0.3, -0.25) is 9.78 Å². The van der Waals surface area contributed by atoms with E-state index >= 15 is 0 Å². The van der Waals surface area contributed by atoms with E-state index in [1.807, 2.05) is 0 Å². The molecule has 0 aliphatic carbocycles. The molecule has 1 saturated heterocycles. The first-order valence-corrected chi connectivity index (χ1v) is 8.96. The summed E-state index contributed by atoms with van der Waals surface area (Å²) in [4.78, 5) is 24.9. The number of nitrogens with zero attached hydrogens (tertiary/aromatic N) is 4. The molecule has 7 nitrogen and oxygen atoms in total. The maximum Gasteiger partial charge on any atom is 0.289 e. The quantitative estimate of drug-likeness (QED) is 0.676. The summed E-state index contributed by atoms with van der Waals surface area (Å²) < 4.78 is 24.1. The molecule has 1 fully saturated rings. The van der Waals surface area contributed by atoms with E-state index in [0.29, 0.717) is 37.7 Å². The first-order chi connectivity index (χ1) is 13.7. The molecule has 144 valence electrons. The molecule has 0 bridgehead atoms. The van der Waals surface area contributed by atoms with E-state index in [-0.39, 0.29) is 24.1 Å². The van der Waals surface area contributed by atoms with Gasteiger partial charge in [-0.25, -0.2) is 9.37 Å². The molecule has 2 aromatic heterocycles. The van der Waals surface area contributed by atoms with Crippen molar-refractivity contribution in [2.75, 3.05) is 31.1 Å². The Kier molecular flexibility index (Phi) is 5.18. The van der Waals surface area contributed by atoms with Crippen LogP contribution in [0.5, 0.6) is 5.75 Å². The Balaban J connectivity index is 1.31. The van der Waals surface area contributed by atoms with Crippen LogP contribution >= 0.6 is 0 Å². The van der Waals surface area contributed by atoms with Gasteiger partial charge in [-0.1, -0.05) is 0 Å². The Hall–Kier alpha value is -3.42. The molecule has 1 aromatic carbocycles. The molecule has 0 unspecified atom stereocenters. The summed E-state index contributed by atoms with van der Waals surface area (Å²) >= 11 is 0. The van der Waals surface area contributed by atoms with Crippen molar-refractivity contribution in [2.45, 2.75) is 6.61 Å². The lowest BCUT2D eigenvalue weighted by molar-refractivity contribution is 0.0710. The van der Waals surface area contributed by atoms with E-state index in [4.69, 9.17) is 9.15 Å². The second kappa shape index (κ2) is 8.08. The van der Waals surface area contributed by atoms with Gasteiger partial charge < -0.3 is 19.0 Å². The highest BCUT2D eigenvalue weighted by Crippen LogP contribution is 2.18. The summed E-state index contributed by atoms with van der Waals surface area (Å²) in [5, 5.41) is 0. The third-order valence-corrected chi connectivity index (χ3v) is 4.51. The second-order valence-electron chi connectivity index (χ2n) is 6.35. The van der Waals surface area contributed by atoms with Gasteiger partial charge in [0.1, 0.15) is 29.8 Å². The molecule has 28 heavy (non-hydrogen) atoms. The average Bonchev–Trinajstić information content (AvgIpc) is 3.23. The molecule has 1 amide bonds. The van der Waals surface area contributed by atoms with E-state index in [1.165, 1.54) is 12.1 Å². The van der Waals surface area contributed by atoms with Gasteiger partial charge in [0.05, 0.1) is 6.20 Å². The smallest absolute Gasteiger partial charge is 0.289 e. The number of carbonyl (C=O) groups is 1. The number of anilines is 1. The van der Waals surface area contributed by atoms with E-state index in [9.17, 15) is 9.18 Å². The first-order valence-electron chi connectivity index (χ1n) is 8.96. The molecule has 1 aliphatic heterocycles. The molecule has 0 spiro atoms. The number of amides is 1. The van der Waals surface area contributed by atoms with Gasteiger partial charge in [0.2, 0.25) is 0 Å². The van der Waals surface area contributed by atoms with Crippen molar-refractivity contribution in [1.29, 1.82) is 0 Å². The van der Waals surface area contributed by atoms with Crippen molar-refractivity contribution in [3.8, 4) is 5.75 Å². The largest absolute Gasteiger partial charge is 0.486 e. The fourth-order valence-electron chi connectivity index (χ4n) is 3.00. The summed E-state index contributed by atoms with van der Waals surface area (Å²) in [5.74, 6) is 1.69. The standard InChI is InChI=1S/C20H19FN4O3/c21-15-1-3-16(4-2-15)27-14-17-5-6-18(28-17)20(26)25-11-9-24(10-12-25)19-13-22-7-8-23-19/h1-8,13H,9-12,14H2. The van der Waals surface area contributed by atoms with Gasteiger partial charge in [-0.15, -0.1) is 0 Å². The second-order valence-corrected chi connectivity index (χ2v) is 6.35. The number of aromatic nitrogens is 2. The van der Waals surface area contributed by atoms with Crippen molar-refractivity contribution in [3.05, 3.63) is 72.3 Å². The van der Waals surface area contributed by atoms with E-state index < -0.39 is 0 Å². The van der Waals surface area contributed by atoms with Gasteiger partial charge in [0.25, 0.3) is 5.91 Å². The Morgan fingerprint density at radius 2 is 1.86 bits per heavy atom. The van der Waals surface area contributed by atoms with Gasteiger partial charge in [0, 0.05) is 38.6 Å². The summed E-state index contributed by atoms with van der Waals surface area (Å²) in [5.41, 5.74) is 0. The SMILES string of the molecule is O=C(c1ccc(COc2ccc(F)cc2)o1)N1CCN(c2cnccn2)CC1. The summed E-state index contributed by atoms with van der Waals surface area (Å²) in [7, 11) is 0. The predicted molar refractivity (Wildman–Crippen MR) is 99.6 cm³/mol. The number of furan rings is 1. The Morgan fingerprint density at radius 1 is 1.07 bits per heavy atom. The Bertz CT molecular complexity index is 922. The Morgan fingerprint density at radius 3 is 2.57 bits per heavy atom. The third kappa shape index (κ3) is 4.11. The molecule has 1 aliphatic rings. The van der Waals surface area contributed by atoms with Crippen molar-refractivity contribution >= 4 is 11.7 Å². The minimum absolute atomic E-state index is 0.146. The van der Waals surface area contributed by atoms with Crippen LogP contribution in [-0.2, 0) is 6.61 Å². The summed E-state index contributed by atoms with van der Waals surface area (Å²) in [6.45, 7) is 2.70. The van der Waals surface area contributed by atoms with Crippen molar-refractivity contribution in [3.63, 3.8) is 0 Å². The highest BCUT2D eigenvalue weighted by molar-refractivity contribution is 5.91. The number of hydrogen-bond acceptors (Lipinski definition) is 6. The molecule has 3 heterocycles. The number of carbonyl (C=O) groups excluding carboxylic acids is 1. The van der Waals surface area contributed by atoms with Crippen LogP contribution in [0.2, 0.25) is 0 Å². The van der Waals surface area contributed by atoms with Crippen molar-refractivity contribution in [1.82, 2.24) is 14.9 Å². The van der Waals surface area contributed by atoms with Crippen LogP contribution in [-0.4, -0.2) is 47.0 Å². The van der Waals surface area contributed by atoms with Crippen LogP contribution in [0.15, 0.2) is 59.4 Å². The first kappa shape index (κ1) is 18.0. The van der Waals surface area contributed by atoms with Crippen LogP contribution in [0.25, 0.3) is 0 Å². The van der Waals surface area contributed by atoms with E-state index in [1.54, 1.807) is 47.8 Å². The number of ether oxygens (including phenoxy) is 1. The molecular weight excluding hydrogens is 363 g/mol. The summed E-state index contributed by atoms with van der Waals surface area (Å²) in [6.07, 6.45) is 5.01. The number of benzene rings is 1. The zero-order valence-corrected chi connectivity index (χ0v) is 15.1. The minimum atomic E-state index is -0.322. The topological polar surface area (TPSA) is 71.7 Å². The number of rotatable bonds is 5. The lowest BCUT2D eigenvalue weighted by Crippen LogP contribution is -2.49. The lowest BCUT2D eigenvalue weighted by Gasteiger charge is -2.34. The van der Waals surface area contributed by atoms with E-state index in [0.717, 1.165) is 5.82 Å². The maximum absolute atomic E-state index is 12.9. The van der Waals surface area contributed by atoms with Crippen LogP contribution in [0.1, 0.15) is 16.3 Å². The fraction of sp³-hybridized carbons (Fsp3) is 0.250. The molecule has 0 N–H and O–H groups in total. The fourth-order valence-corrected chi connectivity index (χ4v) is 3.00. The normalized spacial score (nSPS) is 14.2. The molecule has 3 aromatic rings. The van der Waals surface area contributed by atoms with Gasteiger partial charge in [-0.05, 0) is 36.4 Å². The highest BCUT2D eigenvalue weighted by Gasteiger charge is 2.25. The van der Waals surface area contributed by atoms with Crippen LogP contribution in [0.4, 0.5) is 10.2 Å². The molecule has 0 atom stereocenters. The maximum atomic E-state index is 12.9. The van der Waals surface area contributed by atoms with Crippen molar-refractivity contribution in [2.24, 2.45) is 0 Å². The van der Waals surface area contributed by atoms with Crippen molar-refractivity contribution < 1.29 is 18.3 Å². The number of hydrogen-bond donors (Lipinski definition) is 0. The number of halogens is 1. The molecule has 0 saturated carbocycles. The highest BCUT2D eigenvalue weighted by atomic mass is 19.1. The van der Waals surface area contributed by atoms with E-state index in [2.05, 4.69) is 14.9 Å². The van der Waals surface area contributed by atoms with Gasteiger partial charge in [0.15, 0.2) is 5.76 Å². The van der Waals surface area contributed by atoms with Gasteiger partial charge >= 0.3 is 0 Å². The Labute approximate surface area is 161 Å².